The number of aryl methyl sites for hydroxylation is 2. The molecule has 0 aliphatic carbocycles. The first-order chi connectivity index (χ1) is 7.57. The van der Waals surface area contributed by atoms with Crippen LogP contribution in [-0.4, -0.2) is 6.54 Å². The second-order valence-corrected chi connectivity index (χ2v) is 3.99. The van der Waals surface area contributed by atoms with Crippen molar-refractivity contribution in [3.8, 4) is 0 Å². The van der Waals surface area contributed by atoms with Gasteiger partial charge in [-0.25, -0.2) is 0 Å². The Labute approximate surface area is 96.4 Å². The summed E-state index contributed by atoms with van der Waals surface area (Å²) in [6.07, 6.45) is 3.94. The van der Waals surface area contributed by atoms with Crippen LogP contribution >= 0.6 is 0 Å². The summed E-state index contributed by atoms with van der Waals surface area (Å²) in [7, 11) is 0. The Kier molecular flexibility index (Phi) is 4.15. The summed E-state index contributed by atoms with van der Waals surface area (Å²) in [5.74, 6) is 0. The first kappa shape index (κ1) is 12.3. The molecular formula is C13H17N3. The van der Waals surface area contributed by atoms with Crippen LogP contribution in [0.5, 0.6) is 0 Å². The standard InChI is InChI=1S/C13H17N3/c1-9-8-10(2)12(4)13(11(9)3)6-5-7-15-16-14/h5-6,8H,7H2,1-4H3. The second-order valence-electron chi connectivity index (χ2n) is 3.99. The SMILES string of the molecule is Cc1cc(C)c(C)c(C=CCN=[N+]=[N-])c1C. The maximum Gasteiger partial charge on any atom is 0.0443 e. The Morgan fingerprint density at radius 3 is 2.25 bits per heavy atom. The molecule has 0 unspecified atom stereocenters. The predicted molar refractivity (Wildman–Crippen MR) is 68.4 cm³/mol. The smallest absolute Gasteiger partial charge is 0.0443 e. The molecule has 3 nitrogen and oxygen atoms in total. The van der Waals surface area contributed by atoms with E-state index in [1.165, 1.54) is 27.8 Å². The molecule has 1 aromatic rings. The van der Waals surface area contributed by atoms with E-state index in [9.17, 15) is 0 Å². The van der Waals surface area contributed by atoms with E-state index < -0.39 is 0 Å². The molecule has 0 N–H and O–H groups in total. The van der Waals surface area contributed by atoms with Crippen molar-refractivity contribution in [3.05, 3.63) is 50.4 Å². The lowest BCUT2D eigenvalue weighted by atomic mass is 9.94. The number of nitrogens with zero attached hydrogens (tertiary/aromatic N) is 3. The molecular weight excluding hydrogens is 198 g/mol. The van der Waals surface area contributed by atoms with Gasteiger partial charge >= 0.3 is 0 Å². The molecule has 0 radical (unpaired) electrons. The Morgan fingerprint density at radius 1 is 1.19 bits per heavy atom. The highest BCUT2D eigenvalue weighted by atomic mass is 15.1. The fourth-order valence-corrected chi connectivity index (χ4v) is 1.75. The first-order valence-corrected chi connectivity index (χ1v) is 5.32. The maximum atomic E-state index is 8.19. The molecule has 0 fully saturated rings. The van der Waals surface area contributed by atoms with Gasteiger partial charge in [-0.2, -0.15) is 0 Å². The minimum absolute atomic E-state index is 0.405. The van der Waals surface area contributed by atoms with Gasteiger partial charge in [-0.1, -0.05) is 23.3 Å². The number of hydrogen-bond acceptors (Lipinski definition) is 1. The minimum atomic E-state index is 0.405. The second kappa shape index (κ2) is 5.38. The van der Waals surface area contributed by atoms with Crippen molar-refractivity contribution in [2.75, 3.05) is 6.54 Å². The molecule has 0 bridgehead atoms. The molecule has 0 saturated heterocycles. The van der Waals surface area contributed by atoms with Crippen LogP contribution in [0, 0.1) is 27.7 Å². The Morgan fingerprint density at radius 2 is 1.75 bits per heavy atom. The molecule has 16 heavy (non-hydrogen) atoms. The Bertz CT molecular complexity index is 440. The third kappa shape index (κ3) is 2.65. The average molecular weight is 215 g/mol. The molecule has 1 aromatic carbocycles. The molecule has 0 amide bonds. The van der Waals surface area contributed by atoms with Crippen molar-refractivity contribution >= 4 is 6.08 Å². The predicted octanol–water partition coefficient (Wildman–Crippen LogP) is 4.24. The van der Waals surface area contributed by atoms with Crippen LogP contribution in [0.2, 0.25) is 0 Å². The zero-order valence-corrected chi connectivity index (χ0v) is 10.3. The van der Waals surface area contributed by atoms with Gasteiger partial charge in [0.2, 0.25) is 0 Å². The van der Waals surface area contributed by atoms with Crippen molar-refractivity contribution < 1.29 is 0 Å². The molecule has 84 valence electrons. The molecule has 0 spiro atoms. The maximum absolute atomic E-state index is 8.19. The summed E-state index contributed by atoms with van der Waals surface area (Å²) in [5, 5.41) is 3.48. The normalized spacial score (nSPS) is 10.5. The number of azide groups is 1. The van der Waals surface area contributed by atoms with Crippen molar-refractivity contribution in [1.82, 2.24) is 0 Å². The van der Waals surface area contributed by atoms with Gasteiger partial charge in [-0.05, 0) is 61.0 Å². The van der Waals surface area contributed by atoms with Crippen molar-refractivity contribution in [1.29, 1.82) is 0 Å². The van der Waals surface area contributed by atoms with Crippen LogP contribution in [0.1, 0.15) is 27.8 Å². The fraction of sp³-hybridized carbons (Fsp3) is 0.385. The van der Waals surface area contributed by atoms with Gasteiger partial charge in [0.1, 0.15) is 0 Å². The summed E-state index contributed by atoms with van der Waals surface area (Å²) in [5.41, 5.74) is 14.6. The van der Waals surface area contributed by atoms with Crippen LogP contribution in [0.3, 0.4) is 0 Å². The topological polar surface area (TPSA) is 48.8 Å². The minimum Gasteiger partial charge on any atom is -0.0899 e. The number of benzene rings is 1. The summed E-state index contributed by atoms with van der Waals surface area (Å²) >= 11 is 0. The van der Waals surface area contributed by atoms with Crippen molar-refractivity contribution in [3.63, 3.8) is 0 Å². The summed E-state index contributed by atoms with van der Waals surface area (Å²) in [6.45, 7) is 8.88. The van der Waals surface area contributed by atoms with Crippen LogP contribution < -0.4 is 0 Å². The summed E-state index contributed by atoms with van der Waals surface area (Å²) < 4.78 is 0. The lowest BCUT2D eigenvalue weighted by Crippen LogP contribution is -1.94. The lowest BCUT2D eigenvalue weighted by Gasteiger charge is -2.11. The molecule has 0 aromatic heterocycles. The highest BCUT2D eigenvalue weighted by molar-refractivity contribution is 5.61. The van der Waals surface area contributed by atoms with Gasteiger partial charge in [0.15, 0.2) is 0 Å². The van der Waals surface area contributed by atoms with E-state index in [-0.39, 0.29) is 0 Å². The van der Waals surface area contributed by atoms with E-state index >= 15 is 0 Å². The molecule has 1 rings (SSSR count). The largest absolute Gasteiger partial charge is 0.0899 e. The monoisotopic (exact) mass is 215 g/mol. The van der Waals surface area contributed by atoms with Crippen LogP contribution in [0.15, 0.2) is 17.3 Å². The highest BCUT2D eigenvalue weighted by Gasteiger charge is 2.04. The van der Waals surface area contributed by atoms with Crippen molar-refractivity contribution in [2.24, 2.45) is 5.11 Å². The van der Waals surface area contributed by atoms with E-state index in [1.807, 2.05) is 12.2 Å². The number of rotatable bonds is 3. The van der Waals surface area contributed by atoms with E-state index in [1.54, 1.807) is 0 Å². The number of hydrogen-bond donors (Lipinski definition) is 0. The first-order valence-electron chi connectivity index (χ1n) is 5.32. The van der Waals surface area contributed by atoms with Gasteiger partial charge in [-0.15, -0.1) is 0 Å². The van der Waals surface area contributed by atoms with Crippen molar-refractivity contribution in [2.45, 2.75) is 27.7 Å². The van der Waals surface area contributed by atoms with Gasteiger partial charge in [0.05, 0.1) is 0 Å². The van der Waals surface area contributed by atoms with E-state index in [0.717, 1.165) is 0 Å². The zero-order valence-electron chi connectivity index (χ0n) is 10.3. The Hall–Kier alpha value is -1.73. The van der Waals surface area contributed by atoms with Crippen LogP contribution in [-0.2, 0) is 0 Å². The van der Waals surface area contributed by atoms with Gasteiger partial charge in [0, 0.05) is 11.5 Å². The molecule has 0 saturated carbocycles. The van der Waals surface area contributed by atoms with Gasteiger partial charge < -0.3 is 0 Å². The third-order valence-corrected chi connectivity index (χ3v) is 2.96. The molecule has 3 heteroatoms. The Balaban J connectivity index is 3.12. The van der Waals surface area contributed by atoms with Gasteiger partial charge in [0.25, 0.3) is 0 Å². The fourth-order valence-electron chi connectivity index (χ4n) is 1.75. The zero-order chi connectivity index (χ0) is 12.1. The molecule has 0 atom stereocenters. The average Bonchev–Trinajstić information content (AvgIpc) is 2.25. The van der Waals surface area contributed by atoms with Gasteiger partial charge in [-0.3, -0.25) is 0 Å². The van der Waals surface area contributed by atoms with E-state index in [4.69, 9.17) is 5.53 Å². The third-order valence-electron chi connectivity index (χ3n) is 2.96. The van der Waals surface area contributed by atoms with Crippen LogP contribution in [0.25, 0.3) is 16.5 Å². The van der Waals surface area contributed by atoms with E-state index in [2.05, 4.69) is 43.8 Å². The summed E-state index contributed by atoms with van der Waals surface area (Å²) in [4.78, 5) is 2.72. The summed E-state index contributed by atoms with van der Waals surface area (Å²) in [6, 6.07) is 2.20. The van der Waals surface area contributed by atoms with Crippen LogP contribution in [0.4, 0.5) is 0 Å². The molecule has 0 heterocycles. The highest BCUT2D eigenvalue weighted by Crippen LogP contribution is 2.22. The quantitative estimate of drug-likeness (QED) is 0.411. The van der Waals surface area contributed by atoms with E-state index in [0.29, 0.717) is 6.54 Å². The molecule has 0 aliphatic heterocycles. The lowest BCUT2D eigenvalue weighted by molar-refractivity contribution is 1.20. The molecule has 0 aliphatic rings.